The Labute approximate surface area is 139 Å². The molecule has 2 fully saturated rings. The minimum atomic E-state index is 0.227. The molecule has 2 heterocycles. The molecule has 0 spiro atoms. The van der Waals surface area contributed by atoms with E-state index in [-0.39, 0.29) is 5.91 Å². The first kappa shape index (κ1) is 16.2. The van der Waals surface area contributed by atoms with Gasteiger partial charge in [0.25, 0.3) is 0 Å². The maximum Gasteiger partial charge on any atom is 0.242 e. The first-order chi connectivity index (χ1) is 11.3. The topological polar surface area (TPSA) is 35.6 Å². The van der Waals surface area contributed by atoms with Gasteiger partial charge in [-0.15, -0.1) is 0 Å². The lowest BCUT2D eigenvalue weighted by atomic mass is 10.0. The highest BCUT2D eigenvalue weighted by Gasteiger charge is 2.23. The Kier molecular flexibility index (Phi) is 5.42. The van der Waals surface area contributed by atoms with Crippen molar-refractivity contribution in [2.24, 2.45) is 0 Å². The third-order valence-electron chi connectivity index (χ3n) is 5.15. The number of rotatable bonds is 4. The zero-order valence-electron chi connectivity index (χ0n) is 14.3. The van der Waals surface area contributed by atoms with Gasteiger partial charge in [0.2, 0.25) is 5.91 Å². The highest BCUT2D eigenvalue weighted by Crippen LogP contribution is 2.28. The van der Waals surface area contributed by atoms with Crippen LogP contribution in [0.5, 0.6) is 0 Å². The van der Waals surface area contributed by atoms with Crippen molar-refractivity contribution in [3.05, 3.63) is 24.3 Å². The summed E-state index contributed by atoms with van der Waals surface area (Å²) in [6.45, 7) is 5.72. The number of nitrogens with zero attached hydrogens (tertiary/aromatic N) is 2. The van der Waals surface area contributed by atoms with Crippen LogP contribution in [-0.2, 0) is 4.79 Å². The number of carbonyl (C=O) groups is 1. The van der Waals surface area contributed by atoms with Gasteiger partial charge in [-0.25, -0.2) is 0 Å². The van der Waals surface area contributed by atoms with Crippen LogP contribution in [0.3, 0.4) is 0 Å². The van der Waals surface area contributed by atoms with Crippen LogP contribution in [0.4, 0.5) is 11.4 Å². The average Bonchev–Trinajstić information content (AvgIpc) is 2.61. The molecule has 3 rings (SSSR count). The molecule has 126 valence electrons. The molecule has 0 aromatic heterocycles. The molecule has 0 bridgehead atoms. The molecular weight excluding hydrogens is 286 g/mol. The van der Waals surface area contributed by atoms with Gasteiger partial charge in [0.05, 0.1) is 17.9 Å². The summed E-state index contributed by atoms with van der Waals surface area (Å²) in [6.07, 6.45) is 7.38. The SMILES string of the molecule is CC1CCCCN1C(=O)CNc1ccccc1N1CCCCC1. The molecule has 1 unspecified atom stereocenters. The number of carbonyl (C=O) groups excluding carboxylic acids is 1. The third-order valence-corrected chi connectivity index (χ3v) is 5.15. The van der Waals surface area contributed by atoms with Crippen LogP contribution in [-0.4, -0.2) is 43.0 Å². The number of para-hydroxylation sites is 2. The number of nitrogens with one attached hydrogen (secondary N) is 1. The molecule has 1 amide bonds. The number of amides is 1. The zero-order valence-corrected chi connectivity index (χ0v) is 14.3. The first-order valence-electron chi connectivity index (χ1n) is 9.13. The van der Waals surface area contributed by atoms with Crippen molar-refractivity contribution >= 4 is 17.3 Å². The van der Waals surface area contributed by atoms with E-state index in [4.69, 9.17) is 0 Å². The summed E-state index contributed by atoms with van der Waals surface area (Å²) in [5.74, 6) is 0.227. The second-order valence-corrected chi connectivity index (χ2v) is 6.85. The van der Waals surface area contributed by atoms with Gasteiger partial charge in [0, 0.05) is 25.7 Å². The van der Waals surface area contributed by atoms with Crippen LogP contribution < -0.4 is 10.2 Å². The number of likely N-dealkylation sites (tertiary alicyclic amines) is 1. The summed E-state index contributed by atoms with van der Waals surface area (Å²) in [7, 11) is 0. The van der Waals surface area contributed by atoms with E-state index in [1.165, 1.54) is 31.4 Å². The van der Waals surface area contributed by atoms with Crippen molar-refractivity contribution in [3.8, 4) is 0 Å². The number of hydrogen-bond donors (Lipinski definition) is 1. The minimum absolute atomic E-state index is 0.227. The van der Waals surface area contributed by atoms with E-state index >= 15 is 0 Å². The van der Waals surface area contributed by atoms with Crippen LogP contribution in [0.25, 0.3) is 0 Å². The van der Waals surface area contributed by atoms with Crippen molar-refractivity contribution in [2.45, 2.75) is 51.5 Å². The molecule has 2 saturated heterocycles. The lowest BCUT2D eigenvalue weighted by Crippen LogP contribution is -2.44. The molecule has 1 N–H and O–H groups in total. The fraction of sp³-hybridized carbons (Fsp3) is 0.632. The van der Waals surface area contributed by atoms with E-state index in [2.05, 4.69) is 35.3 Å². The van der Waals surface area contributed by atoms with Gasteiger partial charge in [0.1, 0.15) is 0 Å². The van der Waals surface area contributed by atoms with Gasteiger partial charge in [-0.1, -0.05) is 12.1 Å². The molecule has 23 heavy (non-hydrogen) atoms. The molecule has 4 heteroatoms. The second kappa shape index (κ2) is 7.71. The number of benzene rings is 1. The lowest BCUT2D eigenvalue weighted by molar-refractivity contribution is -0.132. The van der Waals surface area contributed by atoms with E-state index in [1.807, 2.05) is 11.0 Å². The predicted octanol–water partition coefficient (Wildman–Crippen LogP) is 3.49. The summed E-state index contributed by atoms with van der Waals surface area (Å²) in [4.78, 5) is 17.0. The van der Waals surface area contributed by atoms with Crippen LogP contribution in [0.15, 0.2) is 24.3 Å². The average molecular weight is 315 g/mol. The molecular formula is C19H29N3O. The molecule has 0 saturated carbocycles. The highest BCUT2D eigenvalue weighted by molar-refractivity contribution is 5.83. The Morgan fingerprint density at radius 2 is 1.83 bits per heavy atom. The number of anilines is 2. The van der Waals surface area contributed by atoms with E-state index in [1.54, 1.807) is 0 Å². The molecule has 0 radical (unpaired) electrons. The van der Waals surface area contributed by atoms with E-state index in [0.29, 0.717) is 12.6 Å². The second-order valence-electron chi connectivity index (χ2n) is 6.85. The van der Waals surface area contributed by atoms with E-state index in [9.17, 15) is 4.79 Å². The number of piperidine rings is 2. The standard InChI is InChI=1S/C19H29N3O/c1-16-9-5-8-14-22(16)19(23)15-20-17-10-3-4-11-18(17)21-12-6-2-7-13-21/h3-4,10-11,16,20H,2,5-9,12-15H2,1H3. The molecule has 0 aliphatic carbocycles. The van der Waals surface area contributed by atoms with Gasteiger partial charge >= 0.3 is 0 Å². The van der Waals surface area contributed by atoms with Crippen molar-refractivity contribution < 1.29 is 4.79 Å². The monoisotopic (exact) mass is 315 g/mol. The zero-order chi connectivity index (χ0) is 16.1. The maximum atomic E-state index is 12.5. The van der Waals surface area contributed by atoms with Gasteiger partial charge in [-0.3, -0.25) is 4.79 Å². The van der Waals surface area contributed by atoms with Gasteiger partial charge in [-0.2, -0.15) is 0 Å². The molecule has 1 atom stereocenters. The smallest absolute Gasteiger partial charge is 0.242 e. The van der Waals surface area contributed by atoms with Crippen molar-refractivity contribution in [3.63, 3.8) is 0 Å². The Morgan fingerprint density at radius 1 is 1.09 bits per heavy atom. The molecule has 4 nitrogen and oxygen atoms in total. The largest absolute Gasteiger partial charge is 0.374 e. The van der Waals surface area contributed by atoms with Crippen LogP contribution in [0.1, 0.15) is 45.4 Å². The maximum absolute atomic E-state index is 12.5. The summed E-state index contributed by atoms with van der Waals surface area (Å²) >= 11 is 0. The fourth-order valence-electron chi connectivity index (χ4n) is 3.77. The van der Waals surface area contributed by atoms with Gasteiger partial charge < -0.3 is 15.1 Å². The predicted molar refractivity (Wildman–Crippen MR) is 96.0 cm³/mol. The molecule has 1 aromatic carbocycles. The van der Waals surface area contributed by atoms with Crippen LogP contribution >= 0.6 is 0 Å². The third kappa shape index (κ3) is 3.98. The Bertz CT molecular complexity index is 525. The van der Waals surface area contributed by atoms with Crippen molar-refractivity contribution in [1.82, 2.24) is 4.90 Å². The van der Waals surface area contributed by atoms with Crippen LogP contribution in [0, 0.1) is 0 Å². The van der Waals surface area contributed by atoms with Crippen molar-refractivity contribution in [2.75, 3.05) is 36.4 Å². The van der Waals surface area contributed by atoms with Crippen molar-refractivity contribution in [1.29, 1.82) is 0 Å². The Hall–Kier alpha value is -1.71. The fourth-order valence-corrected chi connectivity index (χ4v) is 3.77. The lowest BCUT2D eigenvalue weighted by Gasteiger charge is -2.34. The number of hydrogen-bond acceptors (Lipinski definition) is 3. The highest BCUT2D eigenvalue weighted by atomic mass is 16.2. The van der Waals surface area contributed by atoms with Gasteiger partial charge in [-0.05, 0) is 57.6 Å². The van der Waals surface area contributed by atoms with E-state index in [0.717, 1.165) is 38.2 Å². The Morgan fingerprint density at radius 3 is 2.61 bits per heavy atom. The summed E-state index contributed by atoms with van der Waals surface area (Å²) in [5, 5.41) is 3.40. The summed E-state index contributed by atoms with van der Waals surface area (Å²) in [5.41, 5.74) is 2.33. The minimum Gasteiger partial charge on any atom is -0.374 e. The molecule has 1 aromatic rings. The quantitative estimate of drug-likeness (QED) is 0.924. The normalized spacial score (nSPS) is 22.0. The van der Waals surface area contributed by atoms with E-state index < -0.39 is 0 Å². The summed E-state index contributed by atoms with van der Waals surface area (Å²) < 4.78 is 0. The Balaban J connectivity index is 1.62. The first-order valence-corrected chi connectivity index (χ1v) is 9.13. The molecule has 2 aliphatic heterocycles. The van der Waals surface area contributed by atoms with Gasteiger partial charge in [0.15, 0.2) is 0 Å². The van der Waals surface area contributed by atoms with Crippen LogP contribution in [0.2, 0.25) is 0 Å². The molecule has 2 aliphatic rings. The summed E-state index contributed by atoms with van der Waals surface area (Å²) in [6, 6.07) is 8.78.